The summed E-state index contributed by atoms with van der Waals surface area (Å²) in [5.41, 5.74) is 1.44. The van der Waals surface area contributed by atoms with Crippen molar-refractivity contribution in [1.29, 1.82) is 0 Å². The van der Waals surface area contributed by atoms with Crippen LogP contribution in [0.4, 0.5) is 5.13 Å². The molecule has 0 aliphatic rings. The van der Waals surface area contributed by atoms with Gasteiger partial charge < -0.3 is 4.74 Å². The minimum Gasteiger partial charge on any atom is -0.457 e. The molecule has 0 aliphatic carbocycles. The largest absolute Gasteiger partial charge is 0.457 e. The van der Waals surface area contributed by atoms with Crippen LogP contribution in [0.25, 0.3) is 10.2 Å². The second-order valence-electron chi connectivity index (χ2n) is 5.38. The van der Waals surface area contributed by atoms with E-state index < -0.39 is 0 Å². The number of nitrogens with zero attached hydrogens (tertiary/aromatic N) is 1. The summed E-state index contributed by atoms with van der Waals surface area (Å²) in [5.74, 6) is 1.25. The Morgan fingerprint density at radius 1 is 0.840 bits per heavy atom. The number of carbonyl (C=O) groups is 1. The Kier molecular flexibility index (Phi) is 4.14. The number of benzene rings is 3. The van der Waals surface area contributed by atoms with Crippen molar-refractivity contribution in [3.8, 4) is 11.5 Å². The molecule has 25 heavy (non-hydrogen) atoms. The van der Waals surface area contributed by atoms with E-state index in [0.717, 1.165) is 16.0 Å². The highest BCUT2D eigenvalue weighted by atomic mass is 32.1. The lowest BCUT2D eigenvalue weighted by Gasteiger charge is -2.06. The van der Waals surface area contributed by atoms with Crippen LogP contribution in [0.5, 0.6) is 11.5 Å². The van der Waals surface area contributed by atoms with Gasteiger partial charge >= 0.3 is 0 Å². The van der Waals surface area contributed by atoms with Crippen molar-refractivity contribution in [3.05, 3.63) is 84.4 Å². The number of aromatic nitrogens is 1. The number of carbonyl (C=O) groups excluding carboxylic acids is 1. The number of anilines is 1. The van der Waals surface area contributed by atoms with E-state index >= 15 is 0 Å². The first-order chi connectivity index (χ1) is 12.3. The Balaban J connectivity index is 1.46. The average molecular weight is 346 g/mol. The molecule has 0 spiro atoms. The third-order valence-electron chi connectivity index (χ3n) is 3.61. The third kappa shape index (κ3) is 3.51. The second-order valence-corrected chi connectivity index (χ2v) is 6.41. The molecule has 0 atom stereocenters. The minimum absolute atomic E-state index is 0.190. The fraction of sp³-hybridized carbons (Fsp3) is 0. The van der Waals surface area contributed by atoms with Crippen LogP contribution < -0.4 is 10.1 Å². The molecule has 4 nitrogen and oxygen atoms in total. The van der Waals surface area contributed by atoms with Crippen LogP contribution in [0, 0.1) is 0 Å². The Labute approximate surface area is 148 Å². The quantitative estimate of drug-likeness (QED) is 0.542. The molecule has 1 N–H and O–H groups in total. The summed E-state index contributed by atoms with van der Waals surface area (Å²) in [6.07, 6.45) is 0. The maximum atomic E-state index is 12.4. The maximum absolute atomic E-state index is 12.4. The molecule has 0 unspecified atom stereocenters. The van der Waals surface area contributed by atoms with E-state index in [9.17, 15) is 4.79 Å². The van der Waals surface area contributed by atoms with E-state index in [0.29, 0.717) is 16.4 Å². The predicted octanol–water partition coefficient (Wildman–Crippen LogP) is 5.34. The van der Waals surface area contributed by atoms with Gasteiger partial charge in [-0.15, -0.1) is 0 Å². The normalized spacial score (nSPS) is 10.6. The van der Waals surface area contributed by atoms with Gasteiger partial charge in [0.25, 0.3) is 5.91 Å². The Hall–Kier alpha value is -3.18. The number of ether oxygens (including phenoxy) is 1. The van der Waals surface area contributed by atoms with Crippen LogP contribution in [0.3, 0.4) is 0 Å². The van der Waals surface area contributed by atoms with Gasteiger partial charge in [-0.2, -0.15) is 0 Å². The van der Waals surface area contributed by atoms with Gasteiger partial charge in [-0.3, -0.25) is 10.1 Å². The van der Waals surface area contributed by atoms with Gasteiger partial charge in [0, 0.05) is 5.56 Å². The lowest BCUT2D eigenvalue weighted by atomic mass is 10.2. The molecule has 4 aromatic rings. The number of fused-ring (bicyclic) bond motifs is 1. The van der Waals surface area contributed by atoms with E-state index in [4.69, 9.17) is 4.74 Å². The fourth-order valence-electron chi connectivity index (χ4n) is 2.39. The van der Waals surface area contributed by atoms with Gasteiger partial charge in [0.1, 0.15) is 11.5 Å². The fourth-order valence-corrected chi connectivity index (χ4v) is 3.25. The van der Waals surface area contributed by atoms with E-state index in [-0.39, 0.29) is 5.91 Å². The van der Waals surface area contributed by atoms with E-state index in [1.165, 1.54) is 11.3 Å². The van der Waals surface area contributed by atoms with Crippen molar-refractivity contribution in [3.63, 3.8) is 0 Å². The lowest BCUT2D eigenvalue weighted by Crippen LogP contribution is -2.11. The molecule has 122 valence electrons. The summed E-state index contributed by atoms with van der Waals surface area (Å²) in [5, 5.41) is 3.44. The molecular formula is C20H14N2O2S. The van der Waals surface area contributed by atoms with Gasteiger partial charge in [-0.1, -0.05) is 41.7 Å². The molecular weight excluding hydrogens is 332 g/mol. The van der Waals surface area contributed by atoms with Crippen LogP contribution in [0.15, 0.2) is 78.9 Å². The molecule has 0 saturated carbocycles. The molecule has 5 heteroatoms. The monoisotopic (exact) mass is 346 g/mol. The van der Waals surface area contributed by atoms with Gasteiger partial charge in [-0.05, 0) is 48.5 Å². The Morgan fingerprint density at radius 3 is 2.28 bits per heavy atom. The SMILES string of the molecule is O=C(Nc1nc2ccccc2s1)c1ccc(Oc2ccccc2)cc1. The van der Waals surface area contributed by atoms with E-state index in [1.54, 1.807) is 24.3 Å². The summed E-state index contributed by atoms with van der Waals surface area (Å²) in [7, 11) is 0. The van der Waals surface area contributed by atoms with Gasteiger partial charge in [0.15, 0.2) is 5.13 Å². The Morgan fingerprint density at radius 2 is 1.52 bits per heavy atom. The molecule has 1 heterocycles. The maximum Gasteiger partial charge on any atom is 0.257 e. The molecule has 0 bridgehead atoms. The van der Waals surface area contributed by atoms with E-state index in [1.807, 2.05) is 54.6 Å². The zero-order chi connectivity index (χ0) is 17.1. The first kappa shape index (κ1) is 15.4. The second kappa shape index (κ2) is 6.75. The first-order valence-corrected chi connectivity index (χ1v) is 8.59. The number of para-hydroxylation sites is 2. The number of nitrogens with one attached hydrogen (secondary N) is 1. The van der Waals surface area contributed by atoms with Gasteiger partial charge in [0.05, 0.1) is 10.2 Å². The molecule has 4 rings (SSSR count). The highest BCUT2D eigenvalue weighted by Crippen LogP contribution is 2.26. The van der Waals surface area contributed by atoms with Crippen molar-refractivity contribution >= 4 is 32.6 Å². The summed E-state index contributed by atoms with van der Waals surface area (Å²) in [6.45, 7) is 0. The molecule has 3 aromatic carbocycles. The van der Waals surface area contributed by atoms with Crippen LogP contribution in [0.1, 0.15) is 10.4 Å². The number of amides is 1. The molecule has 1 amide bonds. The van der Waals surface area contributed by atoms with Crippen molar-refractivity contribution in [1.82, 2.24) is 4.98 Å². The number of hydrogen-bond acceptors (Lipinski definition) is 4. The lowest BCUT2D eigenvalue weighted by molar-refractivity contribution is 0.102. The number of thiazole rings is 1. The number of rotatable bonds is 4. The van der Waals surface area contributed by atoms with Gasteiger partial charge in [0.2, 0.25) is 0 Å². The van der Waals surface area contributed by atoms with Crippen molar-refractivity contribution < 1.29 is 9.53 Å². The molecule has 0 radical (unpaired) electrons. The van der Waals surface area contributed by atoms with Crippen molar-refractivity contribution in [2.24, 2.45) is 0 Å². The zero-order valence-electron chi connectivity index (χ0n) is 13.2. The smallest absolute Gasteiger partial charge is 0.257 e. The summed E-state index contributed by atoms with van der Waals surface area (Å²) in [4.78, 5) is 16.8. The van der Waals surface area contributed by atoms with Crippen LogP contribution in [-0.4, -0.2) is 10.9 Å². The molecule has 0 saturated heterocycles. The zero-order valence-corrected chi connectivity index (χ0v) is 14.0. The van der Waals surface area contributed by atoms with Crippen molar-refractivity contribution in [2.75, 3.05) is 5.32 Å². The van der Waals surface area contributed by atoms with Crippen LogP contribution in [0.2, 0.25) is 0 Å². The average Bonchev–Trinajstić information content (AvgIpc) is 3.05. The molecule has 1 aromatic heterocycles. The van der Waals surface area contributed by atoms with E-state index in [2.05, 4.69) is 10.3 Å². The first-order valence-electron chi connectivity index (χ1n) is 7.78. The molecule has 0 aliphatic heterocycles. The molecule has 0 fully saturated rings. The summed E-state index contributed by atoms with van der Waals surface area (Å²) < 4.78 is 6.78. The Bertz CT molecular complexity index is 978. The minimum atomic E-state index is -0.190. The van der Waals surface area contributed by atoms with Crippen LogP contribution >= 0.6 is 11.3 Å². The standard InChI is InChI=1S/C20H14N2O2S/c23-19(22-20-21-17-8-4-5-9-18(17)25-20)14-10-12-16(13-11-14)24-15-6-2-1-3-7-15/h1-13H,(H,21,22,23). The van der Waals surface area contributed by atoms with Crippen molar-refractivity contribution in [2.45, 2.75) is 0 Å². The number of hydrogen-bond donors (Lipinski definition) is 1. The summed E-state index contributed by atoms with van der Waals surface area (Å²) in [6, 6.07) is 24.3. The third-order valence-corrected chi connectivity index (χ3v) is 4.56. The predicted molar refractivity (Wildman–Crippen MR) is 101 cm³/mol. The van der Waals surface area contributed by atoms with Gasteiger partial charge in [-0.25, -0.2) is 4.98 Å². The topological polar surface area (TPSA) is 51.2 Å². The highest BCUT2D eigenvalue weighted by Gasteiger charge is 2.10. The summed E-state index contributed by atoms with van der Waals surface area (Å²) >= 11 is 1.46. The highest BCUT2D eigenvalue weighted by molar-refractivity contribution is 7.22. The van der Waals surface area contributed by atoms with Crippen LogP contribution in [-0.2, 0) is 0 Å².